The van der Waals surface area contributed by atoms with Gasteiger partial charge in [0.2, 0.25) is 5.78 Å². The van der Waals surface area contributed by atoms with Gasteiger partial charge in [-0.15, -0.1) is 0 Å². The SMILES string of the molecule is CCCn1c2c(c(=O)n(C)c1=O)C(=O)/C(=C/c1ccc3ccccc3c1)N2. The van der Waals surface area contributed by atoms with Crippen LogP contribution in [0.1, 0.15) is 29.3 Å². The molecule has 136 valence electrons. The van der Waals surface area contributed by atoms with Gasteiger partial charge >= 0.3 is 5.69 Å². The number of aromatic nitrogens is 2. The number of carbonyl (C=O) groups excluding carboxylic acids is 1. The smallest absolute Gasteiger partial charge is 0.332 e. The maximum atomic E-state index is 12.8. The van der Waals surface area contributed by atoms with Gasteiger partial charge in [0.15, 0.2) is 0 Å². The molecular formula is C21H19N3O3. The van der Waals surface area contributed by atoms with Crippen molar-refractivity contribution in [3.8, 4) is 0 Å². The molecule has 6 heteroatoms. The van der Waals surface area contributed by atoms with E-state index in [9.17, 15) is 14.4 Å². The molecule has 3 aromatic rings. The molecule has 0 saturated heterocycles. The van der Waals surface area contributed by atoms with Gasteiger partial charge in [0, 0.05) is 13.6 Å². The average molecular weight is 361 g/mol. The Hall–Kier alpha value is -3.41. The van der Waals surface area contributed by atoms with Crippen LogP contribution in [0.3, 0.4) is 0 Å². The molecule has 1 aliphatic heterocycles. The van der Waals surface area contributed by atoms with Gasteiger partial charge in [-0.1, -0.05) is 43.3 Å². The fourth-order valence-corrected chi connectivity index (χ4v) is 3.42. The average Bonchev–Trinajstić information content (AvgIpc) is 2.99. The first-order chi connectivity index (χ1) is 13.0. The highest BCUT2D eigenvalue weighted by Gasteiger charge is 2.32. The van der Waals surface area contributed by atoms with Crippen molar-refractivity contribution in [3.05, 3.63) is 80.1 Å². The van der Waals surface area contributed by atoms with E-state index in [0.717, 1.165) is 20.9 Å². The molecule has 6 nitrogen and oxygen atoms in total. The molecule has 0 atom stereocenters. The summed E-state index contributed by atoms with van der Waals surface area (Å²) in [6, 6.07) is 13.9. The van der Waals surface area contributed by atoms with E-state index < -0.39 is 11.2 Å². The summed E-state index contributed by atoms with van der Waals surface area (Å²) < 4.78 is 2.45. The predicted molar refractivity (Wildman–Crippen MR) is 106 cm³/mol. The van der Waals surface area contributed by atoms with Gasteiger partial charge in [0.05, 0.1) is 5.70 Å². The second kappa shape index (κ2) is 6.39. The molecule has 0 radical (unpaired) electrons. The van der Waals surface area contributed by atoms with E-state index in [-0.39, 0.29) is 11.3 Å². The van der Waals surface area contributed by atoms with Gasteiger partial charge in [-0.05, 0) is 34.9 Å². The second-order valence-corrected chi connectivity index (χ2v) is 6.64. The molecule has 0 amide bonds. The molecule has 0 saturated carbocycles. The van der Waals surface area contributed by atoms with E-state index in [1.165, 1.54) is 11.6 Å². The van der Waals surface area contributed by atoms with Gasteiger partial charge < -0.3 is 5.32 Å². The number of hydrogen-bond donors (Lipinski definition) is 1. The Bertz CT molecular complexity index is 1230. The third-order valence-electron chi connectivity index (χ3n) is 4.80. The Morgan fingerprint density at radius 3 is 2.52 bits per heavy atom. The fourth-order valence-electron chi connectivity index (χ4n) is 3.42. The summed E-state index contributed by atoms with van der Waals surface area (Å²) >= 11 is 0. The van der Waals surface area contributed by atoms with Gasteiger partial charge in [-0.2, -0.15) is 0 Å². The van der Waals surface area contributed by atoms with Crippen LogP contribution >= 0.6 is 0 Å². The van der Waals surface area contributed by atoms with Crippen LogP contribution < -0.4 is 16.6 Å². The number of fused-ring (bicyclic) bond motifs is 2. The number of Topliss-reactive ketones (excluding diaryl/α,β-unsaturated/α-hetero) is 1. The number of hydrogen-bond acceptors (Lipinski definition) is 4. The Labute approximate surface area is 155 Å². The van der Waals surface area contributed by atoms with Gasteiger partial charge in [-0.3, -0.25) is 18.7 Å². The zero-order chi connectivity index (χ0) is 19.1. The Morgan fingerprint density at radius 2 is 1.78 bits per heavy atom. The van der Waals surface area contributed by atoms with Crippen LogP contribution in [0.25, 0.3) is 16.8 Å². The molecule has 0 spiro atoms. The summed E-state index contributed by atoms with van der Waals surface area (Å²) in [5.41, 5.74) is 0.179. The summed E-state index contributed by atoms with van der Waals surface area (Å²) in [6.45, 7) is 2.37. The number of rotatable bonds is 3. The molecule has 1 aliphatic rings. The van der Waals surface area contributed by atoms with E-state index in [1.54, 1.807) is 6.08 Å². The standard InChI is InChI=1S/C21H19N3O3/c1-3-10-24-19-17(20(26)23(2)21(24)27)18(25)16(22-19)12-13-8-9-14-6-4-5-7-15(14)11-13/h4-9,11-12,22H,3,10H2,1-2H3/b16-12-. The number of nitrogens with zero attached hydrogens (tertiary/aromatic N) is 2. The lowest BCUT2D eigenvalue weighted by atomic mass is 10.1. The van der Waals surface area contributed by atoms with Crippen LogP contribution in [-0.2, 0) is 13.6 Å². The van der Waals surface area contributed by atoms with Gasteiger partial charge in [-0.25, -0.2) is 4.79 Å². The van der Waals surface area contributed by atoms with Crippen molar-refractivity contribution in [2.75, 3.05) is 5.32 Å². The normalized spacial score (nSPS) is 14.6. The second-order valence-electron chi connectivity index (χ2n) is 6.64. The summed E-state index contributed by atoms with van der Waals surface area (Å²) in [4.78, 5) is 37.7. The zero-order valence-electron chi connectivity index (χ0n) is 15.2. The zero-order valence-corrected chi connectivity index (χ0v) is 15.2. The van der Waals surface area contributed by atoms with Crippen molar-refractivity contribution in [1.29, 1.82) is 0 Å². The first-order valence-corrected chi connectivity index (χ1v) is 8.87. The van der Waals surface area contributed by atoms with Gasteiger partial charge in [0.25, 0.3) is 5.56 Å². The Morgan fingerprint density at radius 1 is 1.04 bits per heavy atom. The van der Waals surface area contributed by atoms with E-state index in [1.807, 2.05) is 49.4 Å². The minimum atomic E-state index is -0.568. The molecule has 2 aromatic carbocycles. The van der Waals surface area contributed by atoms with Crippen LogP contribution in [0.2, 0.25) is 0 Å². The molecule has 4 rings (SSSR count). The van der Waals surface area contributed by atoms with Crippen molar-refractivity contribution in [1.82, 2.24) is 9.13 Å². The maximum absolute atomic E-state index is 12.8. The lowest BCUT2D eigenvalue weighted by molar-refractivity contribution is 0.104. The van der Waals surface area contributed by atoms with E-state index in [2.05, 4.69) is 5.32 Å². The van der Waals surface area contributed by atoms with Crippen LogP contribution in [0.5, 0.6) is 0 Å². The van der Waals surface area contributed by atoms with Crippen LogP contribution in [0.4, 0.5) is 5.82 Å². The first kappa shape index (κ1) is 17.0. The lowest BCUT2D eigenvalue weighted by Gasteiger charge is -2.11. The van der Waals surface area contributed by atoms with Crippen molar-refractivity contribution >= 4 is 28.4 Å². The number of anilines is 1. The van der Waals surface area contributed by atoms with E-state index in [0.29, 0.717) is 24.5 Å². The highest BCUT2D eigenvalue weighted by atomic mass is 16.2. The highest BCUT2D eigenvalue weighted by molar-refractivity contribution is 6.19. The summed E-state index contributed by atoms with van der Waals surface area (Å²) in [5.74, 6) is -0.0920. The molecule has 1 N–H and O–H groups in total. The van der Waals surface area contributed by atoms with E-state index >= 15 is 0 Å². The number of nitrogens with one attached hydrogen (secondary N) is 1. The molecule has 1 aromatic heterocycles. The lowest BCUT2D eigenvalue weighted by Crippen LogP contribution is -2.40. The van der Waals surface area contributed by atoms with Crippen LogP contribution in [-0.4, -0.2) is 14.9 Å². The van der Waals surface area contributed by atoms with Crippen molar-refractivity contribution < 1.29 is 4.79 Å². The van der Waals surface area contributed by atoms with Crippen molar-refractivity contribution in [2.24, 2.45) is 7.05 Å². The topological polar surface area (TPSA) is 73.1 Å². The van der Waals surface area contributed by atoms with Gasteiger partial charge in [0.1, 0.15) is 11.4 Å². The molecule has 0 fully saturated rings. The summed E-state index contributed by atoms with van der Waals surface area (Å²) in [7, 11) is 1.40. The quantitative estimate of drug-likeness (QED) is 0.728. The summed E-state index contributed by atoms with van der Waals surface area (Å²) in [6.07, 6.45) is 2.43. The maximum Gasteiger partial charge on any atom is 0.332 e. The number of ketones is 1. The third-order valence-corrected chi connectivity index (χ3v) is 4.80. The Balaban J connectivity index is 1.84. The van der Waals surface area contributed by atoms with E-state index in [4.69, 9.17) is 0 Å². The molecule has 2 heterocycles. The monoisotopic (exact) mass is 361 g/mol. The molecule has 27 heavy (non-hydrogen) atoms. The number of allylic oxidation sites excluding steroid dienone is 1. The predicted octanol–water partition coefficient (Wildman–Crippen LogP) is 2.76. The van der Waals surface area contributed by atoms with Crippen LogP contribution in [0, 0.1) is 0 Å². The minimum Gasteiger partial charge on any atom is -0.338 e. The Kier molecular flexibility index (Phi) is 4.03. The molecule has 0 bridgehead atoms. The number of benzene rings is 2. The van der Waals surface area contributed by atoms with Crippen LogP contribution in [0.15, 0.2) is 57.8 Å². The molecule has 0 aliphatic carbocycles. The molecular weight excluding hydrogens is 342 g/mol. The summed E-state index contributed by atoms with van der Waals surface area (Å²) in [5, 5.41) is 5.18. The third kappa shape index (κ3) is 2.70. The highest BCUT2D eigenvalue weighted by Crippen LogP contribution is 2.26. The molecule has 0 unspecified atom stereocenters. The van der Waals surface area contributed by atoms with Crippen molar-refractivity contribution in [3.63, 3.8) is 0 Å². The fraction of sp³-hybridized carbons (Fsp3) is 0.190. The first-order valence-electron chi connectivity index (χ1n) is 8.87. The minimum absolute atomic E-state index is 0.0255. The largest absolute Gasteiger partial charge is 0.338 e. The number of carbonyl (C=O) groups is 1. The van der Waals surface area contributed by atoms with Crippen molar-refractivity contribution in [2.45, 2.75) is 19.9 Å².